The molecule has 1 amide bonds. The van der Waals surface area contributed by atoms with Gasteiger partial charge >= 0.3 is 0 Å². The molecule has 0 aliphatic rings. The van der Waals surface area contributed by atoms with Gasteiger partial charge < -0.3 is 10.1 Å². The quantitative estimate of drug-likeness (QED) is 0.767. The molecule has 0 unspecified atom stereocenters. The molecule has 0 radical (unpaired) electrons. The van der Waals surface area contributed by atoms with Gasteiger partial charge in [0.25, 0.3) is 5.91 Å². The van der Waals surface area contributed by atoms with Crippen molar-refractivity contribution >= 4 is 11.6 Å². The Morgan fingerprint density at radius 2 is 2.08 bits per heavy atom. The van der Waals surface area contributed by atoms with Crippen molar-refractivity contribution < 1.29 is 9.53 Å². The third-order valence-corrected chi connectivity index (χ3v) is 4.03. The number of ether oxygens (including phenoxy) is 1. The first-order valence-electron chi connectivity index (χ1n) is 8.08. The van der Waals surface area contributed by atoms with Crippen LogP contribution in [0.5, 0.6) is 5.75 Å². The second-order valence-corrected chi connectivity index (χ2v) is 5.85. The number of amides is 1. The number of aromatic nitrogens is 2. The first-order valence-corrected chi connectivity index (χ1v) is 8.08. The molecule has 0 aliphatic carbocycles. The zero-order valence-corrected chi connectivity index (χ0v) is 14.6. The summed E-state index contributed by atoms with van der Waals surface area (Å²) in [6, 6.07) is 16.6. The highest BCUT2D eigenvalue weighted by atomic mass is 16.5. The Labute approximate surface area is 151 Å². The Bertz CT molecular complexity index is 985. The van der Waals surface area contributed by atoms with Gasteiger partial charge in [-0.25, -0.2) is 0 Å². The number of anilines is 1. The number of carbonyl (C=O) groups excluding carboxylic acids is 1. The maximum absolute atomic E-state index is 12.4. The van der Waals surface area contributed by atoms with Crippen molar-refractivity contribution in [1.82, 2.24) is 9.78 Å². The molecule has 2 aromatic carbocycles. The van der Waals surface area contributed by atoms with Gasteiger partial charge in [-0.2, -0.15) is 10.4 Å². The normalized spacial score (nSPS) is 10.2. The Morgan fingerprint density at radius 1 is 1.27 bits per heavy atom. The standard InChI is InChI=1S/C20H18N4O2/c1-14-19(12-22-24(14)2)20(25)23-17-7-4-8-18(10-17)26-13-16-6-3-5-15(9-16)11-21/h3-10,12H,13H2,1-2H3,(H,23,25). The molecule has 0 bridgehead atoms. The molecule has 6 nitrogen and oxygen atoms in total. The van der Waals surface area contributed by atoms with Crippen LogP contribution in [0.15, 0.2) is 54.7 Å². The molecule has 0 fully saturated rings. The molecule has 3 rings (SSSR count). The van der Waals surface area contributed by atoms with E-state index in [0.29, 0.717) is 29.2 Å². The van der Waals surface area contributed by atoms with Crippen LogP contribution in [0.25, 0.3) is 0 Å². The van der Waals surface area contributed by atoms with Gasteiger partial charge in [-0.3, -0.25) is 9.48 Å². The van der Waals surface area contributed by atoms with Gasteiger partial charge in [0.2, 0.25) is 0 Å². The van der Waals surface area contributed by atoms with E-state index in [1.165, 1.54) is 0 Å². The molecule has 6 heteroatoms. The van der Waals surface area contributed by atoms with Crippen LogP contribution in [0.1, 0.15) is 27.2 Å². The van der Waals surface area contributed by atoms with Crippen molar-refractivity contribution in [3.8, 4) is 11.8 Å². The lowest BCUT2D eigenvalue weighted by molar-refractivity contribution is 0.102. The molecule has 26 heavy (non-hydrogen) atoms. The number of hydrogen-bond donors (Lipinski definition) is 1. The number of carbonyl (C=O) groups is 1. The minimum atomic E-state index is -0.213. The van der Waals surface area contributed by atoms with Crippen molar-refractivity contribution in [2.75, 3.05) is 5.32 Å². The molecule has 0 saturated heterocycles. The number of aryl methyl sites for hydroxylation is 1. The number of rotatable bonds is 5. The first-order chi connectivity index (χ1) is 12.6. The third kappa shape index (κ3) is 3.90. The van der Waals surface area contributed by atoms with Crippen LogP contribution in [0, 0.1) is 18.3 Å². The summed E-state index contributed by atoms with van der Waals surface area (Å²) in [4.78, 5) is 12.4. The molecule has 1 aromatic heterocycles. The maximum Gasteiger partial charge on any atom is 0.259 e. The van der Waals surface area contributed by atoms with Crippen LogP contribution in [0.2, 0.25) is 0 Å². The van der Waals surface area contributed by atoms with Gasteiger partial charge in [0.15, 0.2) is 0 Å². The molecular weight excluding hydrogens is 328 g/mol. The van der Waals surface area contributed by atoms with Crippen LogP contribution >= 0.6 is 0 Å². The molecule has 0 atom stereocenters. The van der Waals surface area contributed by atoms with Crippen LogP contribution in [0.4, 0.5) is 5.69 Å². The number of hydrogen-bond acceptors (Lipinski definition) is 4. The van der Waals surface area contributed by atoms with Crippen LogP contribution in [-0.2, 0) is 13.7 Å². The fourth-order valence-corrected chi connectivity index (χ4v) is 2.48. The second-order valence-electron chi connectivity index (χ2n) is 5.85. The lowest BCUT2D eigenvalue weighted by Crippen LogP contribution is -2.13. The Kier molecular flexibility index (Phi) is 4.99. The van der Waals surface area contributed by atoms with Gasteiger partial charge in [-0.05, 0) is 36.8 Å². The Morgan fingerprint density at radius 3 is 2.81 bits per heavy atom. The summed E-state index contributed by atoms with van der Waals surface area (Å²) in [6.07, 6.45) is 1.55. The van der Waals surface area contributed by atoms with E-state index in [1.54, 1.807) is 42.2 Å². The fourth-order valence-electron chi connectivity index (χ4n) is 2.48. The zero-order valence-electron chi connectivity index (χ0n) is 14.6. The molecule has 0 saturated carbocycles. The highest BCUT2D eigenvalue weighted by Gasteiger charge is 2.13. The minimum absolute atomic E-state index is 0.213. The summed E-state index contributed by atoms with van der Waals surface area (Å²) in [5.74, 6) is 0.419. The van der Waals surface area contributed by atoms with Gasteiger partial charge in [-0.1, -0.05) is 18.2 Å². The monoisotopic (exact) mass is 346 g/mol. The summed E-state index contributed by atoms with van der Waals surface area (Å²) in [7, 11) is 1.79. The van der Waals surface area contributed by atoms with E-state index in [9.17, 15) is 4.79 Å². The number of benzene rings is 2. The topological polar surface area (TPSA) is 79.9 Å². The molecule has 1 N–H and O–H groups in total. The SMILES string of the molecule is Cc1c(C(=O)Nc2cccc(OCc3cccc(C#N)c3)c2)cnn1C. The third-order valence-electron chi connectivity index (χ3n) is 4.03. The van der Waals surface area contributed by atoms with E-state index in [4.69, 9.17) is 10.00 Å². The molecule has 0 aliphatic heterocycles. The second kappa shape index (κ2) is 7.53. The first kappa shape index (κ1) is 17.2. The lowest BCUT2D eigenvalue weighted by Gasteiger charge is -2.09. The summed E-state index contributed by atoms with van der Waals surface area (Å²) in [5.41, 5.74) is 3.48. The summed E-state index contributed by atoms with van der Waals surface area (Å²) in [6.45, 7) is 2.19. The number of nitriles is 1. The average molecular weight is 346 g/mol. The minimum Gasteiger partial charge on any atom is -0.489 e. The van der Waals surface area contributed by atoms with E-state index < -0.39 is 0 Å². The largest absolute Gasteiger partial charge is 0.489 e. The van der Waals surface area contributed by atoms with Gasteiger partial charge in [0.05, 0.1) is 23.4 Å². The summed E-state index contributed by atoms with van der Waals surface area (Å²) >= 11 is 0. The highest BCUT2D eigenvalue weighted by Crippen LogP contribution is 2.20. The van der Waals surface area contributed by atoms with Crippen LogP contribution < -0.4 is 10.1 Å². The predicted molar refractivity (Wildman–Crippen MR) is 97.8 cm³/mol. The maximum atomic E-state index is 12.4. The van der Waals surface area contributed by atoms with Gasteiger partial charge in [0.1, 0.15) is 12.4 Å². The smallest absolute Gasteiger partial charge is 0.259 e. The number of nitrogens with one attached hydrogen (secondary N) is 1. The van der Waals surface area contributed by atoms with Crippen molar-refractivity contribution in [2.24, 2.45) is 7.05 Å². The molecular formula is C20H18N4O2. The van der Waals surface area contributed by atoms with E-state index in [0.717, 1.165) is 11.3 Å². The van der Waals surface area contributed by atoms with Crippen LogP contribution in [0.3, 0.4) is 0 Å². The van der Waals surface area contributed by atoms with Crippen molar-refractivity contribution in [3.05, 3.63) is 77.1 Å². The molecule has 1 heterocycles. The van der Waals surface area contributed by atoms with Gasteiger partial charge in [0, 0.05) is 24.5 Å². The molecule has 130 valence electrons. The van der Waals surface area contributed by atoms with E-state index in [1.807, 2.05) is 31.2 Å². The van der Waals surface area contributed by atoms with Crippen molar-refractivity contribution in [2.45, 2.75) is 13.5 Å². The van der Waals surface area contributed by atoms with E-state index in [2.05, 4.69) is 16.5 Å². The van der Waals surface area contributed by atoms with E-state index >= 15 is 0 Å². The average Bonchev–Trinajstić information content (AvgIpc) is 2.99. The predicted octanol–water partition coefficient (Wildman–Crippen LogP) is 3.43. The molecule has 0 spiro atoms. The van der Waals surface area contributed by atoms with E-state index in [-0.39, 0.29) is 5.91 Å². The Balaban J connectivity index is 1.67. The summed E-state index contributed by atoms with van der Waals surface area (Å²) in [5, 5.41) is 15.9. The zero-order chi connectivity index (χ0) is 18.5. The lowest BCUT2D eigenvalue weighted by atomic mass is 10.1. The Hall–Kier alpha value is -3.59. The summed E-state index contributed by atoms with van der Waals surface area (Å²) < 4.78 is 7.43. The fraction of sp³-hybridized carbons (Fsp3) is 0.150. The molecule has 3 aromatic rings. The highest BCUT2D eigenvalue weighted by molar-refractivity contribution is 6.04. The van der Waals surface area contributed by atoms with Gasteiger partial charge in [-0.15, -0.1) is 0 Å². The van der Waals surface area contributed by atoms with Crippen molar-refractivity contribution in [1.29, 1.82) is 5.26 Å². The van der Waals surface area contributed by atoms with Crippen molar-refractivity contribution in [3.63, 3.8) is 0 Å². The van der Waals surface area contributed by atoms with Crippen LogP contribution in [-0.4, -0.2) is 15.7 Å². The number of nitrogens with zero attached hydrogens (tertiary/aromatic N) is 3.